The van der Waals surface area contributed by atoms with Gasteiger partial charge in [0.25, 0.3) is 0 Å². The van der Waals surface area contributed by atoms with Gasteiger partial charge in [-0.15, -0.1) is 11.3 Å². The van der Waals surface area contributed by atoms with E-state index in [1.807, 2.05) is 24.8 Å². The molecular formula is C15H21N3O2S. The van der Waals surface area contributed by atoms with Gasteiger partial charge in [-0.3, -0.25) is 4.68 Å². The topological polar surface area (TPSA) is 58.4 Å². The molecule has 0 spiro atoms. The highest BCUT2D eigenvalue weighted by Crippen LogP contribution is 2.39. The standard InChI is InChI=1S/C15H21N3O2S/c1-17(2)7-8-18-14-11(9-12(21-14)15(19)20)13(16-18)10-5-3-4-6-10/h9-10H,3-8H2,1-2H3,(H,19,20). The van der Waals surface area contributed by atoms with Crippen molar-refractivity contribution in [2.75, 3.05) is 20.6 Å². The number of likely N-dealkylation sites (N-methyl/N-ethyl adjacent to an activating group) is 1. The summed E-state index contributed by atoms with van der Waals surface area (Å²) in [5.74, 6) is -0.336. The summed E-state index contributed by atoms with van der Waals surface area (Å²) in [6.45, 7) is 1.71. The lowest BCUT2D eigenvalue weighted by Gasteiger charge is -2.10. The van der Waals surface area contributed by atoms with E-state index in [1.54, 1.807) is 0 Å². The summed E-state index contributed by atoms with van der Waals surface area (Å²) >= 11 is 1.35. The summed E-state index contributed by atoms with van der Waals surface area (Å²) in [6, 6.07) is 1.81. The van der Waals surface area contributed by atoms with Crippen LogP contribution in [0.5, 0.6) is 0 Å². The molecule has 6 heteroatoms. The molecule has 1 aliphatic carbocycles. The van der Waals surface area contributed by atoms with Crippen LogP contribution in [0.15, 0.2) is 6.07 Å². The van der Waals surface area contributed by atoms with Crippen LogP contribution in [0.3, 0.4) is 0 Å². The van der Waals surface area contributed by atoms with E-state index in [1.165, 1.54) is 37.0 Å². The van der Waals surface area contributed by atoms with Crippen molar-refractivity contribution in [1.29, 1.82) is 0 Å². The molecule has 0 atom stereocenters. The first kappa shape index (κ1) is 14.5. The van der Waals surface area contributed by atoms with Crippen molar-refractivity contribution in [2.45, 2.75) is 38.1 Å². The molecule has 0 bridgehead atoms. The molecule has 0 aliphatic heterocycles. The number of fused-ring (bicyclic) bond motifs is 1. The van der Waals surface area contributed by atoms with Crippen LogP contribution in [-0.2, 0) is 6.54 Å². The Morgan fingerprint density at radius 1 is 1.48 bits per heavy atom. The Hall–Kier alpha value is -1.40. The van der Waals surface area contributed by atoms with Crippen molar-refractivity contribution in [3.8, 4) is 0 Å². The maximum Gasteiger partial charge on any atom is 0.345 e. The minimum absolute atomic E-state index is 0.417. The van der Waals surface area contributed by atoms with Gasteiger partial charge in [-0.05, 0) is 33.0 Å². The first-order chi connectivity index (χ1) is 10.1. The predicted molar refractivity (Wildman–Crippen MR) is 84.3 cm³/mol. The third kappa shape index (κ3) is 2.82. The van der Waals surface area contributed by atoms with Gasteiger partial charge in [-0.2, -0.15) is 5.10 Å². The smallest absolute Gasteiger partial charge is 0.345 e. The maximum atomic E-state index is 11.3. The number of aromatic nitrogens is 2. The fourth-order valence-electron chi connectivity index (χ4n) is 3.04. The molecule has 3 rings (SSSR count). The van der Waals surface area contributed by atoms with Gasteiger partial charge in [0.1, 0.15) is 9.71 Å². The van der Waals surface area contributed by atoms with Crippen LogP contribution in [0, 0.1) is 0 Å². The number of nitrogens with zero attached hydrogens (tertiary/aromatic N) is 3. The Labute approximate surface area is 128 Å². The van der Waals surface area contributed by atoms with Crippen molar-refractivity contribution in [3.63, 3.8) is 0 Å². The fourth-order valence-corrected chi connectivity index (χ4v) is 4.02. The van der Waals surface area contributed by atoms with E-state index in [-0.39, 0.29) is 0 Å². The second kappa shape index (κ2) is 5.77. The molecule has 0 saturated heterocycles. The number of carboxylic acid groups (broad SMARTS) is 1. The first-order valence-electron chi connectivity index (χ1n) is 7.44. The number of aromatic carboxylic acids is 1. The predicted octanol–water partition coefficient (Wildman–Crippen LogP) is 3.02. The molecule has 1 saturated carbocycles. The van der Waals surface area contributed by atoms with Gasteiger partial charge in [0.2, 0.25) is 0 Å². The van der Waals surface area contributed by atoms with Crippen molar-refractivity contribution >= 4 is 27.5 Å². The Morgan fingerprint density at radius 3 is 2.81 bits per heavy atom. The minimum atomic E-state index is -0.840. The van der Waals surface area contributed by atoms with Crippen molar-refractivity contribution < 1.29 is 9.90 Å². The van der Waals surface area contributed by atoms with E-state index < -0.39 is 5.97 Å². The van der Waals surface area contributed by atoms with Gasteiger partial charge in [-0.1, -0.05) is 12.8 Å². The molecule has 0 radical (unpaired) electrons. The van der Waals surface area contributed by atoms with Gasteiger partial charge in [0.15, 0.2) is 0 Å². The van der Waals surface area contributed by atoms with Crippen molar-refractivity contribution in [2.24, 2.45) is 0 Å². The molecule has 0 amide bonds. The van der Waals surface area contributed by atoms with Gasteiger partial charge in [0, 0.05) is 17.8 Å². The summed E-state index contributed by atoms with van der Waals surface area (Å²) < 4.78 is 2.00. The summed E-state index contributed by atoms with van der Waals surface area (Å²) in [6.07, 6.45) is 4.87. The third-order valence-electron chi connectivity index (χ3n) is 4.16. The zero-order chi connectivity index (χ0) is 15.0. The van der Waals surface area contributed by atoms with Crippen LogP contribution in [0.2, 0.25) is 0 Å². The zero-order valence-corrected chi connectivity index (χ0v) is 13.3. The Morgan fingerprint density at radius 2 is 2.19 bits per heavy atom. The highest BCUT2D eigenvalue weighted by molar-refractivity contribution is 7.20. The highest BCUT2D eigenvalue weighted by Gasteiger charge is 2.25. The number of thiophene rings is 1. The van der Waals surface area contributed by atoms with E-state index in [0.717, 1.165) is 29.0 Å². The molecule has 0 aromatic carbocycles. The summed E-state index contributed by atoms with van der Waals surface area (Å²) in [7, 11) is 4.07. The number of hydrogen-bond donors (Lipinski definition) is 1. The fraction of sp³-hybridized carbons (Fsp3) is 0.600. The SMILES string of the molecule is CN(C)CCn1nc(C2CCCC2)c2cc(C(=O)O)sc21. The van der Waals surface area contributed by atoms with Gasteiger partial charge < -0.3 is 10.0 Å². The van der Waals surface area contributed by atoms with E-state index in [0.29, 0.717) is 10.8 Å². The number of hydrogen-bond acceptors (Lipinski definition) is 4. The van der Waals surface area contributed by atoms with E-state index in [9.17, 15) is 9.90 Å². The molecule has 114 valence electrons. The summed E-state index contributed by atoms with van der Waals surface area (Å²) in [4.78, 5) is 14.8. The van der Waals surface area contributed by atoms with Crippen molar-refractivity contribution in [1.82, 2.24) is 14.7 Å². The molecule has 2 heterocycles. The second-order valence-electron chi connectivity index (χ2n) is 6.03. The van der Waals surface area contributed by atoms with Gasteiger partial charge >= 0.3 is 5.97 Å². The summed E-state index contributed by atoms with van der Waals surface area (Å²) in [5.41, 5.74) is 1.12. The largest absolute Gasteiger partial charge is 0.477 e. The summed E-state index contributed by atoms with van der Waals surface area (Å²) in [5, 5.41) is 15.1. The van der Waals surface area contributed by atoms with Crippen LogP contribution in [-0.4, -0.2) is 46.4 Å². The Kier molecular flexibility index (Phi) is 3.99. The maximum absolute atomic E-state index is 11.3. The molecular weight excluding hydrogens is 286 g/mol. The number of carbonyl (C=O) groups is 1. The average Bonchev–Trinajstić information content (AvgIpc) is 3.12. The zero-order valence-electron chi connectivity index (χ0n) is 12.5. The van der Waals surface area contributed by atoms with Crippen LogP contribution >= 0.6 is 11.3 Å². The average molecular weight is 307 g/mol. The van der Waals surface area contributed by atoms with Gasteiger partial charge in [0.05, 0.1) is 12.2 Å². The molecule has 2 aromatic rings. The van der Waals surface area contributed by atoms with E-state index in [2.05, 4.69) is 4.90 Å². The Bertz CT molecular complexity index is 653. The highest BCUT2D eigenvalue weighted by atomic mass is 32.1. The lowest BCUT2D eigenvalue weighted by Crippen LogP contribution is -2.19. The quantitative estimate of drug-likeness (QED) is 0.922. The minimum Gasteiger partial charge on any atom is -0.477 e. The molecule has 1 N–H and O–H groups in total. The van der Waals surface area contributed by atoms with Crippen LogP contribution in [0.1, 0.15) is 47.0 Å². The van der Waals surface area contributed by atoms with Crippen LogP contribution in [0.4, 0.5) is 0 Å². The monoisotopic (exact) mass is 307 g/mol. The second-order valence-corrected chi connectivity index (χ2v) is 7.06. The molecule has 5 nitrogen and oxygen atoms in total. The van der Waals surface area contributed by atoms with E-state index >= 15 is 0 Å². The van der Waals surface area contributed by atoms with E-state index in [4.69, 9.17) is 5.10 Å². The molecule has 1 aliphatic rings. The molecule has 0 unspecified atom stereocenters. The molecule has 21 heavy (non-hydrogen) atoms. The van der Waals surface area contributed by atoms with Crippen LogP contribution < -0.4 is 0 Å². The van der Waals surface area contributed by atoms with Crippen molar-refractivity contribution in [3.05, 3.63) is 16.6 Å². The number of carboxylic acids is 1. The first-order valence-corrected chi connectivity index (χ1v) is 8.26. The number of rotatable bonds is 5. The lowest BCUT2D eigenvalue weighted by molar-refractivity contribution is 0.0702. The van der Waals surface area contributed by atoms with Gasteiger partial charge in [-0.25, -0.2) is 4.79 Å². The Balaban J connectivity index is 2.02. The molecule has 2 aromatic heterocycles. The third-order valence-corrected chi connectivity index (χ3v) is 5.30. The van der Waals surface area contributed by atoms with Crippen LogP contribution in [0.25, 0.3) is 10.2 Å². The molecule has 1 fully saturated rings. The normalized spacial score (nSPS) is 16.3. The lowest BCUT2D eigenvalue weighted by atomic mass is 10.0.